The van der Waals surface area contributed by atoms with Crippen molar-refractivity contribution in [2.45, 2.75) is 38.3 Å². The highest BCUT2D eigenvalue weighted by Crippen LogP contribution is 2.53. The summed E-state index contributed by atoms with van der Waals surface area (Å²) in [6, 6.07) is 14.9. The third-order valence-corrected chi connectivity index (χ3v) is 5.20. The molecule has 0 bridgehead atoms. The molecule has 130 valence electrons. The fourth-order valence-electron chi connectivity index (χ4n) is 4.18. The predicted octanol–water partition coefficient (Wildman–Crippen LogP) is 5.31. The minimum Gasteiger partial charge on any atom is -0.496 e. The lowest BCUT2D eigenvalue weighted by atomic mass is 9.76. The van der Waals surface area contributed by atoms with Crippen LogP contribution in [0, 0.1) is 5.92 Å². The molecule has 0 saturated heterocycles. The number of rotatable bonds is 4. The van der Waals surface area contributed by atoms with Gasteiger partial charge in [-0.3, -0.25) is 0 Å². The molecular weight excluding hydrogens is 310 g/mol. The summed E-state index contributed by atoms with van der Waals surface area (Å²) >= 11 is 0. The van der Waals surface area contributed by atoms with Crippen LogP contribution >= 0.6 is 0 Å². The maximum Gasteiger partial charge on any atom is 0.143 e. The van der Waals surface area contributed by atoms with E-state index in [1.165, 1.54) is 11.1 Å². The third kappa shape index (κ3) is 2.78. The second-order valence-corrected chi connectivity index (χ2v) is 7.10. The SMILES string of the molecule is COc1ccccc1C1Nc2c(OC(C)C)cccc2C2C=CCC21. The van der Waals surface area contributed by atoms with Gasteiger partial charge < -0.3 is 14.8 Å². The van der Waals surface area contributed by atoms with E-state index in [2.05, 4.69) is 61.6 Å². The zero-order valence-electron chi connectivity index (χ0n) is 15.0. The number of methoxy groups -OCH3 is 1. The first-order valence-electron chi connectivity index (χ1n) is 9.04. The molecule has 2 aromatic rings. The maximum atomic E-state index is 6.08. The maximum absolute atomic E-state index is 6.08. The monoisotopic (exact) mass is 335 g/mol. The first-order valence-corrected chi connectivity index (χ1v) is 9.04. The number of anilines is 1. The quantitative estimate of drug-likeness (QED) is 0.768. The van der Waals surface area contributed by atoms with Crippen LogP contribution in [0.1, 0.15) is 43.4 Å². The van der Waals surface area contributed by atoms with E-state index in [0.717, 1.165) is 23.6 Å². The molecule has 0 aromatic heterocycles. The fraction of sp³-hybridized carbons (Fsp3) is 0.364. The van der Waals surface area contributed by atoms with Gasteiger partial charge in [0.15, 0.2) is 0 Å². The summed E-state index contributed by atoms with van der Waals surface area (Å²) in [6.07, 6.45) is 5.89. The molecule has 0 amide bonds. The Bertz CT molecular complexity index is 796. The van der Waals surface area contributed by atoms with Crippen molar-refractivity contribution < 1.29 is 9.47 Å². The van der Waals surface area contributed by atoms with Crippen molar-refractivity contribution in [3.63, 3.8) is 0 Å². The molecule has 0 saturated carbocycles. The molecule has 2 aromatic carbocycles. The summed E-state index contributed by atoms with van der Waals surface area (Å²) in [5.41, 5.74) is 3.68. The summed E-state index contributed by atoms with van der Waals surface area (Å²) in [4.78, 5) is 0. The average molecular weight is 335 g/mol. The van der Waals surface area contributed by atoms with Crippen molar-refractivity contribution in [1.82, 2.24) is 0 Å². The molecule has 3 unspecified atom stereocenters. The minimum atomic E-state index is 0.148. The third-order valence-electron chi connectivity index (χ3n) is 5.20. The Morgan fingerprint density at radius 3 is 2.56 bits per heavy atom. The van der Waals surface area contributed by atoms with Crippen molar-refractivity contribution in [1.29, 1.82) is 0 Å². The molecule has 1 heterocycles. The molecule has 3 heteroatoms. The standard InChI is InChI=1S/C22H25NO2/c1-14(2)25-20-13-7-11-17-15-9-6-10-16(15)21(23-22(17)20)18-8-4-5-12-19(18)24-3/h4-9,11-16,21,23H,10H2,1-3H3. The first kappa shape index (κ1) is 16.1. The normalized spacial score (nSPS) is 23.8. The fourth-order valence-corrected chi connectivity index (χ4v) is 4.18. The number of hydrogen-bond donors (Lipinski definition) is 1. The molecular formula is C22H25NO2. The van der Waals surface area contributed by atoms with Crippen LogP contribution in [0.4, 0.5) is 5.69 Å². The molecule has 1 N–H and O–H groups in total. The summed E-state index contributed by atoms with van der Waals surface area (Å²) in [5, 5.41) is 3.79. The topological polar surface area (TPSA) is 30.5 Å². The van der Waals surface area contributed by atoms with Crippen molar-refractivity contribution in [3.8, 4) is 11.5 Å². The Morgan fingerprint density at radius 1 is 1.00 bits per heavy atom. The van der Waals surface area contributed by atoms with Gasteiger partial charge in [-0.15, -0.1) is 0 Å². The molecule has 0 fully saturated rings. The largest absolute Gasteiger partial charge is 0.496 e. The van der Waals surface area contributed by atoms with Gasteiger partial charge in [0.2, 0.25) is 0 Å². The highest BCUT2D eigenvalue weighted by molar-refractivity contribution is 5.68. The van der Waals surface area contributed by atoms with Crippen LogP contribution < -0.4 is 14.8 Å². The molecule has 3 atom stereocenters. The zero-order chi connectivity index (χ0) is 17.4. The Labute approximate surface area is 149 Å². The minimum absolute atomic E-state index is 0.148. The highest BCUT2D eigenvalue weighted by atomic mass is 16.5. The lowest BCUT2D eigenvalue weighted by Gasteiger charge is -2.38. The summed E-state index contributed by atoms with van der Waals surface area (Å²) in [6.45, 7) is 4.14. The van der Waals surface area contributed by atoms with Crippen molar-refractivity contribution in [3.05, 3.63) is 65.7 Å². The summed E-state index contributed by atoms with van der Waals surface area (Å²) < 4.78 is 11.7. The number of nitrogens with one attached hydrogen (secondary N) is 1. The molecule has 4 rings (SSSR count). The van der Waals surface area contributed by atoms with Crippen LogP contribution in [-0.4, -0.2) is 13.2 Å². The number of benzene rings is 2. The van der Waals surface area contributed by atoms with Crippen molar-refractivity contribution >= 4 is 5.69 Å². The van der Waals surface area contributed by atoms with Gasteiger partial charge in [0, 0.05) is 11.5 Å². The van der Waals surface area contributed by atoms with E-state index in [9.17, 15) is 0 Å². The number of allylic oxidation sites excluding steroid dienone is 2. The van der Waals surface area contributed by atoms with E-state index >= 15 is 0 Å². The van der Waals surface area contributed by atoms with Gasteiger partial charge in [-0.1, -0.05) is 42.5 Å². The van der Waals surface area contributed by atoms with E-state index in [0.29, 0.717) is 11.8 Å². The highest BCUT2D eigenvalue weighted by Gasteiger charge is 2.39. The molecule has 0 radical (unpaired) electrons. The van der Waals surface area contributed by atoms with E-state index in [1.54, 1.807) is 7.11 Å². The molecule has 3 nitrogen and oxygen atoms in total. The van der Waals surface area contributed by atoms with Crippen LogP contribution in [-0.2, 0) is 0 Å². The zero-order valence-corrected chi connectivity index (χ0v) is 15.0. The van der Waals surface area contributed by atoms with E-state index in [4.69, 9.17) is 9.47 Å². The van der Waals surface area contributed by atoms with Gasteiger partial charge in [-0.25, -0.2) is 0 Å². The van der Waals surface area contributed by atoms with E-state index in [1.807, 2.05) is 12.1 Å². The van der Waals surface area contributed by atoms with Gasteiger partial charge in [-0.2, -0.15) is 0 Å². The molecule has 1 aliphatic heterocycles. The number of hydrogen-bond acceptors (Lipinski definition) is 3. The molecule has 25 heavy (non-hydrogen) atoms. The van der Waals surface area contributed by atoms with Gasteiger partial charge in [0.05, 0.1) is 24.9 Å². The van der Waals surface area contributed by atoms with Gasteiger partial charge in [0.25, 0.3) is 0 Å². The first-order chi connectivity index (χ1) is 12.2. The Kier molecular flexibility index (Phi) is 4.16. The summed E-state index contributed by atoms with van der Waals surface area (Å²) in [7, 11) is 1.74. The number of para-hydroxylation sites is 2. The van der Waals surface area contributed by atoms with Crippen molar-refractivity contribution in [2.75, 3.05) is 12.4 Å². The Balaban J connectivity index is 1.81. The van der Waals surface area contributed by atoms with Crippen LogP contribution in [0.25, 0.3) is 0 Å². The lowest BCUT2D eigenvalue weighted by Crippen LogP contribution is -2.30. The predicted molar refractivity (Wildman–Crippen MR) is 102 cm³/mol. The van der Waals surface area contributed by atoms with Crippen molar-refractivity contribution in [2.24, 2.45) is 5.92 Å². The second-order valence-electron chi connectivity index (χ2n) is 7.10. The van der Waals surface area contributed by atoms with E-state index in [-0.39, 0.29) is 12.1 Å². The lowest BCUT2D eigenvalue weighted by molar-refractivity contribution is 0.242. The van der Waals surface area contributed by atoms with Gasteiger partial charge in [0.1, 0.15) is 11.5 Å². The van der Waals surface area contributed by atoms with Crippen LogP contribution in [0.5, 0.6) is 11.5 Å². The van der Waals surface area contributed by atoms with Crippen LogP contribution in [0.3, 0.4) is 0 Å². The second kappa shape index (κ2) is 6.47. The molecule has 2 aliphatic rings. The van der Waals surface area contributed by atoms with Crippen LogP contribution in [0.2, 0.25) is 0 Å². The Hall–Kier alpha value is -2.42. The van der Waals surface area contributed by atoms with Gasteiger partial charge in [-0.05, 0) is 43.9 Å². The molecule has 1 aliphatic carbocycles. The number of fused-ring (bicyclic) bond motifs is 3. The summed E-state index contributed by atoms with van der Waals surface area (Å²) in [5.74, 6) is 2.79. The number of ether oxygens (including phenoxy) is 2. The smallest absolute Gasteiger partial charge is 0.143 e. The van der Waals surface area contributed by atoms with E-state index < -0.39 is 0 Å². The average Bonchev–Trinajstić information content (AvgIpc) is 3.11. The molecule has 0 spiro atoms. The van der Waals surface area contributed by atoms with Crippen LogP contribution in [0.15, 0.2) is 54.6 Å². The van der Waals surface area contributed by atoms with Gasteiger partial charge >= 0.3 is 0 Å². The Morgan fingerprint density at radius 2 is 1.76 bits per heavy atom.